The third kappa shape index (κ3) is 5.97. The molecule has 0 bridgehead atoms. The highest BCUT2D eigenvalue weighted by Crippen LogP contribution is 2.31. The number of aliphatic hydroxyl groups excluding tert-OH is 1. The second-order valence-electron chi connectivity index (χ2n) is 8.80. The van der Waals surface area contributed by atoms with Crippen LogP contribution in [0.15, 0.2) is 64.6 Å². The zero-order chi connectivity index (χ0) is 27.4. The molecule has 1 aromatic heterocycles. The molecule has 4 rings (SSSR count). The Kier molecular flexibility index (Phi) is 8.63. The molecule has 1 unspecified atom stereocenters. The Balaban J connectivity index is 1.59. The average molecular weight is 558 g/mol. The first-order valence-corrected chi connectivity index (χ1v) is 12.8. The third-order valence-corrected chi connectivity index (χ3v) is 6.74. The Bertz CT molecular complexity index is 1320. The highest BCUT2D eigenvalue weighted by molar-refractivity contribution is 7.27. The number of hydrogen-bond acceptors (Lipinski definition) is 9. The maximum Gasteiger partial charge on any atom is 0.256 e. The molecule has 0 aliphatic carbocycles. The first-order valence-electron chi connectivity index (χ1n) is 11.8. The first kappa shape index (κ1) is 27.5. The number of aliphatic imine (C=N–C) groups is 1. The number of aliphatic hydroxyl groups is 1. The Morgan fingerprint density at radius 1 is 1.29 bits per heavy atom. The molecule has 0 radical (unpaired) electrons. The number of morpholine rings is 1. The van der Waals surface area contributed by atoms with Crippen molar-refractivity contribution < 1.29 is 19.4 Å². The van der Waals surface area contributed by atoms with Gasteiger partial charge < -0.3 is 31.5 Å². The van der Waals surface area contributed by atoms with Crippen LogP contribution in [0.3, 0.4) is 0 Å². The van der Waals surface area contributed by atoms with Gasteiger partial charge in [-0.05, 0) is 35.1 Å². The van der Waals surface area contributed by atoms with Crippen molar-refractivity contribution in [2.24, 2.45) is 22.4 Å². The lowest BCUT2D eigenvalue weighted by Crippen LogP contribution is -2.54. The third-order valence-electron chi connectivity index (χ3n) is 6.11. The summed E-state index contributed by atoms with van der Waals surface area (Å²) in [5.74, 6) is -0.497. The molecule has 0 saturated carbocycles. The number of nitrogens with zero attached hydrogens (tertiary/aromatic N) is 4. The van der Waals surface area contributed by atoms with Crippen molar-refractivity contribution in [3.63, 3.8) is 0 Å². The highest BCUT2D eigenvalue weighted by Gasteiger charge is 2.36. The quantitative estimate of drug-likeness (QED) is 0.302. The molecular weight excluding hydrogens is 529 g/mol. The fraction of sp³-hybridized carbons (Fsp3) is 0.280. The molecule has 2 aromatic rings. The summed E-state index contributed by atoms with van der Waals surface area (Å²) >= 11 is 6.53. The number of benzene rings is 1. The van der Waals surface area contributed by atoms with Gasteiger partial charge in [0.25, 0.3) is 5.91 Å². The van der Waals surface area contributed by atoms with Crippen molar-refractivity contribution in [3.05, 3.63) is 70.8 Å². The van der Waals surface area contributed by atoms with Crippen molar-refractivity contribution >= 4 is 55.3 Å². The SMILES string of the molecule is C[C@H](CO)C(=O)N1CCO[C@@H](N2C(Cl)=CN=C(N)/C2=C(/N)c2ccc(C(=O)Nc3cc(P)ccn3)cc2)C1. The number of aromatic nitrogens is 1. The minimum Gasteiger partial charge on any atom is -0.396 e. The number of carbonyl (C=O) groups is 2. The van der Waals surface area contributed by atoms with Crippen molar-refractivity contribution in [2.45, 2.75) is 13.2 Å². The highest BCUT2D eigenvalue weighted by atomic mass is 35.5. The van der Waals surface area contributed by atoms with Gasteiger partial charge in [0.05, 0.1) is 37.6 Å². The van der Waals surface area contributed by atoms with Gasteiger partial charge in [0.1, 0.15) is 22.5 Å². The maximum atomic E-state index is 12.7. The molecule has 1 aromatic carbocycles. The molecule has 2 aliphatic heterocycles. The largest absolute Gasteiger partial charge is 0.396 e. The summed E-state index contributed by atoms with van der Waals surface area (Å²) in [6, 6.07) is 10.2. The van der Waals surface area contributed by atoms with Crippen LogP contribution < -0.4 is 22.1 Å². The summed E-state index contributed by atoms with van der Waals surface area (Å²) in [5, 5.41) is 13.3. The molecule has 1 saturated heterocycles. The van der Waals surface area contributed by atoms with Gasteiger partial charge in [0.2, 0.25) is 5.91 Å². The van der Waals surface area contributed by atoms with Crippen LogP contribution in [0.25, 0.3) is 5.70 Å². The Labute approximate surface area is 227 Å². The lowest BCUT2D eigenvalue weighted by atomic mass is 10.1. The molecule has 6 N–H and O–H groups in total. The van der Waals surface area contributed by atoms with Crippen LogP contribution >= 0.6 is 20.8 Å². The number of nitrogens with two attached hydrogens (primary N) is 2. The minimum absolute atomic E-state index is 0.118. The minimum atomic E-state index is -0.685. The van der Waals surface area contributed by atoms with Crippen LogP contribution in [0, 0.1) is 5.92 Å². The van der Waals surface area contributed by atoms with Crippen LogP contribution in [0.4, 0.5) is 5.82 Å². The number of ether oxygens (including phenoxy) is 1. The molecule has 200 valence electrons. The Morgan fingerprint density at radius 3 is 2.68 bits per heavy atom. The zero-order valence-electron chi connectivity index (χ0n) is 20.7. The molecule has 1 fully saturated rings. The molecule has 2 amide bonds. The molecule has 2 aliphatic rings. The van der Waals surface area contributed by atoms with E-state index in [0.717, 1.165) is 5.30 Å². The standard InChI is InChI=1S/C25H29ClN7O4P/c1-14(13-34)25(36)32-8-9-37-20(12-32)33-18(26)11-30-23(28)22(33)21(27)15-2-4-16(5-3-15)24(35)31-19-10-17(38)6-7-29-19/h2-7,10-11,14,20,34H,8-9,12-13,27,38H2,1H3,(H2,28,30)(H,29,31,35)/b22-21-/t14-,20-/m1/s1. The van der Waals surface area contributed by atoms with E-state index >= 15 is 0 Å². The second-order valence-corrected chi connectivity index (χ2v) is 9.85. The van der Waals surface area contributed by atoms with Crippen LogP contribution in [0.5, 0.6) is 0 Å². The van der Waals surface area contributed by atoms with Crippen LogP contribution in [0.1, 0.15) is 22.8 Å². The van der Waals surface area contributed by atoms with E-state index in [4.69, 9.17) is 27.8 Å². The lowest BCUT2D eigenvalue weighted by molar-refractivity contribution is -0.149. The Hall–Kier alpha value is -3.50. The number of pyridine rings is 1. The topological polar surface area (TPSA) is 159 Å². The van der Waals surface area contributed by atoms with Gasteiger partial charge in [0.15, 0.2) is 6.23 Å². The van der Waals surface area contributed by atoms with E-state index in [1.807, 2.05) is 0 Å². The normalized spacial score (nSPS) is 19.8. The number of hydrogen-bond donors (Lipinski definition) is 4. The predicted octanol–water partition coefficient (Wildman–Crippen LogP) is 0.985. The van der Waals surface area contributed by atoms with E-state index in [-0.39, 0.29) is 48.3 Å². The molecular formula is C25H29ClN7O4P. The lowest BCUT2D eigenvalue weighted by Gasteiger charge is -2.42. The van der Waals surface area contributed by atoms with Gasteiger partial charge in [-0.15, -0.1) is 9.24 Å². The van der Waals surface area contributed by atoms with Gasteiger partial charge in [0, 0.05) is 18.3 Å². The van der Waals surface area contributed by atoms with E-state index < -0.39 is 12.1 Å². The van der Waals surface area contributed by atoms with Gasteiger partial charge in [-0.25, -0.2) is 9.98 Å². The van der Waals surface area contributed by atoms with Crippen molar-refractivity contribution in [2.75, 3.05) is 31.6 Å². The molecule has 3 heterocycles. The summed E-state index contributed by atoms with van der Waals surface area (Å²) in [5.41, 5.74) is 14.4. The summed E-state index contributed by atoms with van der Waals surface area (Å²) in [6.07, 6.45) is 2.31. The number of anilines is 1. The zero-order valence-corrected chi connectivity index (χ0v) is 22.6. The Morgan fingerprint density at radius 2 is 2.00 bits per heavy atom. The number of rotatable bonds is 6. The first-order chi connectivity index (χ1) is 18.2. The van der Waals surface area contributed by atoms with Crippen molar-refractivity contribution in [1.82, 2.24) is 14.8 Å². The molecule has 13 heteroatoms. The van der Waals surface area contributed by atoms with Gasteiger partial charge >= 0.3 is 0 Å². The number of halogens is 1. The molecule has 38 heavy (non-hydrogen) atoms. The van der Waals surface area contributed by atoms with Crippen LogP contribution in [-0.2, 0) is 9.53 Å². The smallest absolute Gasteiger partial charge is 0.256 e. The van der Waals surface area contributed by atoms with E-state index in [2.05, 4.69) is 24.5 Å². The fourth-order valence-corrected chi connectivity index (χ4v) is 4.53. The monoisotopic (exact) mass is 557 g/mol. The van der Waals surface area contributed by atoms with Gasteiger partial charge in [-0.1, -0.05) is 30.7 Å². The van der Waals surface area contributed by atoms with Crippen molar-refractivity contribution in [3.8, 4) is 0 Å². The van der Waals surface area contributed by atoms with Crippen LogP contribution in [0.2, 0.25) is 0 Å². The summed E-state index contributed by atoms with van der Waals surface area (Å²) in [6.45, 7) is 2.24. The predicted molar refractivity (Wildman–Crippen MR) is 149 cm³/mol. The van der Waals surface area contributed by atoms with Crippen LogP contribution in [-0.4, -0.2) is 70.1 Å². The van der Waals surface area contributed by atoms with E-state index in [1.54, 1.807) is 59.3 Å². The second kappa shape index (κ2) is 11.9. The number of nitrogens with one attached hydrogen (secondary N) is 1. The summed E-state index contributed by atoms with van der Waals surface area (Å²) < 4.78 is 5.95. The summed E-state index contributed by atoms with van der Waals surface area (Å²) in [4.78, 5) is 36.9. The molecule has 3 atom stereocenters. The van der Waals surface area contributed by atoms with Gasteiger partial charge in [-0.2, -0.15) is 0 Å². The number of carbonyl (C=O) groups excluding carboxylic acids is 2. The van der Waals surface area contributed by atoms with Gasteiger partial charge in [-0.3, -0.25) is 14.5 Å². The number of amidine groups is 1. The fourth-order valence-electron chi connectivity index (χ4n) is 4.04. The van der Waals surface area contributed by atoms with E-state index in [0.29, 0.717) is 29.2 Å². The molecule has 11 nitrogen and oxygen atoms in total. The summed E-state index contributed by atoms with van der Waals surface area (Å²) in [7, 11) is 2.55. The maximum absolute atomic E-state index is 12.7. The van der Waals surface area contributed by atoms with Crippen molar-refractivity contribution in [1.29, 1.82) is 0 Å². The number of amides is 2. The molecule has 0 spiro atoms. The van der Waals surface area contributed by atoms with E-state index in [1.165, 1.54) is 6.20 Å². The van der Waals surface area contributed by atoms with E-state index in [9.17, 15) is 14.7 Å². The average Bonchev–Trinajstić information content (AvgIpc) is 2.93.